The molecule has 7 nitrogen and oxygen atoms in total. The first-order valence-corrected chi connectivity index (χ1v) is 21.9. The van der Waals surface area contributed by atoms with Gasteiger partial charge in [0.25, 0.3) is 0 Å². The summed E-state index contributed by atoms with van der Waals surface area (Å²) in [5, 5.41) is 0. The van der Waals surface area contributed by atoms with Crippen molar-refractivity contribution in [2.45, 2.75) is 245 Å². The summed E-state index contributed by atoms with van der Waals surface area (Å²) in [6.45, 7) is 5.63. The van der Waals surface area contributed by atoms with Gasteiger partial charge in [-0.15, -0.1) is 0 Å². The smallest absolute Gasteiger partial charge is 0.306 e. The number of hydrogen-bond acceptors (Lipinski definition) is 7. The number of Topliss-reactive ketones (excluding diaryl/α,β-unsaturated/α-hetero) is 1. The second kappa shape index (κ2) is 39.3. The molecular weight excluding hydrogens is 640 g/mol. The van der Waals surface area contributed by atoms with Crippen molar-refractivity contribution in [3.63, 3.8) is 0 Å². The second-order valence-corrected chi connectivity index (χ2v) is 15.1. The molecule has 7 heteroatoms. The molecule has 0 bridgehead atoms. The number of unbranched alkanes of at least 4 members (excludes halogenated alkanes) is 28. The maximum absolute atomic E-state index is 12.6. The molecule has 0 aliphatic heterocycles. The summed E-state index contributed by atoms with van der Waals surface area (Å²) >= 11 is 0. The first-order valence-electron chi connectivity index (χ1n) is 21.9. The molecule has 0 aromatic carbocycles. The Hall–Kier alpha value is -1.92. The normalized spacial score (nSPS) is 11.7. The molecule has 0 saturated heterocycles. The molecule has 0 heterocycles. The molecule has 0 radical (unpaired) electrons. The summed E-state index contributed by atoms with van der Waals surface area (Å²) in [6.07, 6.45) is 37.7. The van der Waals surface area contributed by atoms with E-state index in [0.29, 0.717) is 12.8 Å². The Labute approximate surface area is 314 Å². The minimum absolute atomic E-state index is 0.0197. The van der Waals surface area contributed by atoms with E-state index in [1.54, 1.807) is 0 Å². The highest BCUT2D eigenvalue weighted by Gasteiger charge is 2.19. The molecule has 1 atom stereocenters. The van der Waals surface area contributed by atoms with Crippen molar-refractivity contribution in [3.8, 4) is 0 Å². The molecule has 0 aliphatic carbocycles. The zero-order valence-corrected chi connectivity index (χ0v) is 33.9. The van der Waals surface area contributed by atoms with Crippen LogP contribution in [0, 0.1) is 0 Å². The molecule has 0 fully saturated rings. The van der Waals surface area contributed by atoms with Gasteiger partial charge in [-0.1, -0.05) is 194 Å². The first kappa shape index (κ1) is 49.1. The Morgan fingerprint density at radius 2 is 0.627 bits per heavy atom. The van der Waals surface area contributed by atoms with E-state index in [-0.39, 0.29) is 43.8 Å². The van der Waals surface area contributed by atoms with Crippen LogP contribution in [0.5, 0.6) is 0 Å². The lowest BCUT2D eigenvalue weighted by atomic mass is 10.0. The highest BCUT2D eigenvalue weighted by molar-refractivity contribution is 5.81. The van der Waals surface area contributed by atoms with Crippen molar-refractivity contribution in [2.24, 2.45) is 0 Å². The Morgan fingerprint density at radius 3 is 0.941 bits per heavy atom. The van der Waals surface area contributed by atoms with E-state index in [0.717, 1.165) is 38.5 Å². The van der Waals surface area contributed by atoms with Gasteiger partial charge in [0, 0.05) is 19.3 Å². The summed E-state index contributed by atoms with van der Waals surface area (Å²) in [6, 6.07) is 0. The van der Waals surface area contributed by atoms with Gasteiger partial charge in [0.05, 0.1) is 6.42 Å². The maximum Gasteiger partial charge on any atom is 0.306 e. The van der Waals surface area contributed by atoms with Crippen molar-refractivity contribution in [3.05, 3.63) is 0 Å². The highest BCUT2D eigenvalue weighted by Crippen LogP contribution is 2.16. The van der Waals surface area contributed by atoms with Crippen LogP contribution in [0.25, 0.3) is 0 Å². The van der Waals surface area contributed by atoms with Crippen LogP contribution >= 0.6 is 0 Å². The minimum Gasteiger partial charge on any atom is -0.462 e. The fourth-order valence-electron chi connectivity index (χ4n) is 6.44. The summed E-state index contributed by atoms with van der Waals surface area (Å²) in [5.41, 5.74) is 0. The van der Waals surface area contributed by atoms with E-state index in [2.05, 4.69) is 13.8 Å². The van der Waals surface area contributed by atoms with Crippen molar-refractivity contribution < 1.29 is 33.4 Å². The Balaban J connectivity index is 4.08. The quantitative estimate of drug-likeness (QED) is 0.0353. The first-order chi connectivity index (χ1) is 24.9. The molecule has 51 heavy (non-hydrogen) atoms. The molecule has 0 rings (SSSR count). The number of rotatable bonds is 40. The van der Waals surface area contributed by atoms with Gasteiger partial charge >= 0.3 is 17.9 Å². The van der Waals surface area contributed by atoms with Gasteiger partial charge in [-0.3, -0.25) is 14.4 Å². The van der Waals surface area contributed by atoms with Gasteiger partial charge in [0.2, 0.25) is 0 Å². The number of hydrogen-bond donors (Lipinski definition) is 0. The molecule has 0 aliphatic rings. The Kier molecular flexibility index (Phi) is 37.8. The van der Waals surface area contributed by atoms with Crippen LogP contribution in [0.4, 0.5) is 0 Å². The van der Waals surface area contributed by atoms with Gasteiger partial charge < -0.3 is 19.0 Å². The van der Waals surface area contributed by atoms with Gasteiger partial charge in [0.1, 0.15) is 19.0 Å². The monoisotopic (exact) mass is 723 g/mol. The Morgan fingerprint density at radius 1 is 0.353 bits per heavy atom. The maximum atomic E-state index is 12.6. The molecule has 0 aromatic rings. The van der Waals surface area contributed by atoms with E-state index in [9.17, 15) is 19.2 Å². The van der Waals surface area contributed by atoms with Gasteiger partial charge in [0.15, 0.2) is 6.10 Å². The summed E-state index contributed by atoms with van der Waals surface area (Å²) in [7, 11) is 0. The zero-order valence-electron chi connectivity index (χ0n) is 33.9. The molecule has 0 aromatic heterocycles. The van der Waals surface area contributed by atoms with Crippen LogP contribution in [0.15, 0.2) is 0 Å². The number of carbonyl (C=O) groups excluding carboxylic acids is 4. The van der Waals surface area contributed by atoms with Crippen molar-refractivity contribution >= 4 is 23.7 Å². The predicted molar refractivity (Wildman–Crippen MR) is 211 cm³/mol. The zero-order chi connectivity index (χ0) is 37.5. The van der Waals surface area contributed by atoms with E-state index in [1.165, 1.54) is 161 Å². The van der Waals surface area contributed by atoms with Crippen LogP contribution < -0.4 is 0 Å². The topological polar surface area (TPSA) is 96.0 Å². The lowest BCUT2D eigenvalue weighted by molar-refractivity contribution is -0.167. The minimum atomic E-state index is -0.847. The van der Waals surface area contributed by atoms with Gasteiger partial charge in [-0.2, -0.15) is 0 Å². The number of ether oxygens (including phenoxy) is 3. The van der Waals surface area contributed by atoms with E-state index < -0.39 is 12.1 Å². The average Bonchev–Trinajstić information content (AvgIpc) is 3.11. The predicted octanol–water partition coefficient (Wildman–Crippen LogP) is 12.9. The highest BCUT2D eigenvalue weighted by atomic mass is 16.6. The Bertz CT molecular complexity index is 811. The van der Waals surface area contributed by atoms with Crippen molar-refractivity contribution in [1.29, 1.82) is 0 Å². The molecule has 0 N–H and O–H groups in total. The molecule has 0 spiro atoms. The van der Waals surface area contributed by atoms with Crippen LogP contribution in [0.2, 0.25) is 0 Å². The van der Waals surface area contributed by atoms with Crippen molar-refractivity contribution in [2.75, 3.05) is 13.2 Å². The largest absolute Gasteiger partial charge is 0.462 e. The van der Waals surface area contributed by atoms with Crippen LogP contribution in [-0.4, -0.2) is 43.0 Å². The standard InChI is InChI=1S/C44H82O7/c1-4-6-8-10-12-14-16-18-20-22-24-26-28-30-32-34-42(46)49-38-41(39-50-43(47)37-36-40(3)45)51-44(48)35-33-31-29-27-25-23-21-19-17-15-13-11-9-7-5-2/h41H,4-39H2,1-3H3/t41-/m1/s1. The lowest BCUT2D eigenvalue weighted by Gasteiger charge is -2.18. The number of ketones is 1. The third-order valence-electron chi connectivity index (χ3n) is 9.81. The van der Waals surface area contributed by atoms with Crippen LogP contribution in [0.1, 0.15) is 239 Å². The number of esters is 3. The van der Waals surface area contributed by atoms with Gasteiger partial charge in [-0.05, 0) is 19.8 Å². The van der Waals surface area contributed by atoms with E-state index in [1.807, 2.05) is 0 Å². The molecule has 300 valence electrons. The molecule has 0 saturated carbocycles. The average molecular weight is 723 g/mol. The van der Waals surface area contributed by atoms with Crippen LogP contribution in [-0.2, 0) is 33.4 Å². The van der Waals surface area contributed by atoms with E-state index in [4.69, 9.17) is 14.2 Å². The van der Waals surface area contributed by atoms with Crippen molar-refractivity contribution in [1.82, 2.24) is 0 Å². The molecule has 0 unspecified atom stereocenters. The SMILES string of the molecule is CCCCCCCCCCCCCCCCCC(=O)OC[C@H](COC(=O)CCC(C)=O)OC(=O)CCCCCCCCCCCCCCCCC. The second-order valence-electron chi connectivity index (χ2n) is 15.1. The summed E-state index contributed by atoms with van der Waals surface area (Å²) in [4.78, 5) is 48.2. The summed E-state index contributed by atoms with van der Waals surface area (Å²) < 4.78 is 16.2. The van der Waals surface area contributed by atoms with Gasteiger partial charge in [-0.25, -0.2) is 0 Å². The fraction of sp³-hybridized carbons (Fsp3) is 0.909. The third kappa shape index (κ3) is 39.1. The third-order valence-corrected chi connectivity index (χ3v) is 9.81. The lowest BCUT2D eigenvalue weighted by Crippen LogP contribution is -2.31. The van der Waals surface area contributed by atoms with E-state index >= 15 is 0 Å². The van der Waals surface area contributed by atoms with Crippen LogP contribution in [0.3, 0.4) is 0 Å². The summed E-state index contributed by atoms with van der Waals surface area (Å²) in [5.74, 6) is -1.31. The molecule has 0 amide bonds. The molecular formula is C44H82O7. The fourth-order valence-corrected chi connectivity index (χ4v) is 6.44. The number of carbonyl (C=O) groups is 4.